The van der Waals surface area contributed by atoms with Crippen LogP contribution in [0.3, 0.4) is 0 Å². The van der Waals surface area contributed by atoms with Crippen LogP contribution in [0.1, 0.15) is 0 Å². The second-order valence-electron chi connectivity index (χ2n) is 3.80. The van der Waals surface area contributed by atoms with E-state index in [2.05, 4.69) is 0 Å². The molecular weight excluding hydrogens is 248 g/mol. The van der Waals surface area contributed by atoms with Crippen LogP contribution in [-0.2, 0) is 14.6 Å². The molecule has 1 unspecified atom stereocenters. The maximum atomic E-state index is 11.6. The molecule has 0 aromatic carbocycles. The van der Waals surface area contributed by atoms with E-state index in [1.54, 1.807) is 11.8 Å². The molecule has 16 heavy (non-hydrogen) atoms. The average Bonchev–Trinajstić information content (AvgIpc) is 2.24. The van der Waals surface area contributed by atoms with Crippen LogP contribution in [0, 0.1) is 0 Å². The Bertz CT molecular complexity index is 295. The fourth-order valence-corrected chi connectivity index (χ4v) is 4.61. The standard InChI is InChI=1S/C9H20N2O3S2/c1-16(12,13)9-8-15-7-4-11(9)3-6-14-5-2-10/h9H,2-8,10H2,1H3. The van der Waals surface area contributed by atoms with Crippen LogP contribution >= 0.6 is 11.8 Å². The molecule has 0 bridgehead atoms. The normalized spacial score (nSPS) is 23.5. The molecule has 0 saturated carbocycles. The van der Waals surface area contributed by atoms with Gasteiger partial charge in [-0.1, -0.05) is 0 Å². The van der Waals surface area contributed by atoms with E-state index in [1.807, 2.05) is 4.90 Å². The highest BCUT2D eigenvalue weighted by atomic mass is 32.2. The molecule has 5 nitrogen and oxygen atoms in total. The summed E-state index contributed by atoms with van der Waals surface area (Å²) >= 11 is 1.70. The van der Waals surface area contributed by atoms with Gasteiger partial charge in [-0.3, -0.25) is 4.90 Å². The topological polar surface area (TPSA) is 72.6 Å². The van der Waals surface area contributed by atoms with Gasteiger partial charge >= 0.3 is 0 Å². The van der Waals surface area contributed by atoms with E-state index in [0.29, 0.717) is 32.1 Å². The molecule has 1 heterocycles. The van der Waals surface area contributed by atoms with E-state index < -0.39 is 9.84 Å². The number of thioether (sulfide) groups is 1. The SMILES string of the molecule is CS(=O)(=O)C1CSCCN1CCOCCN. The first kappa shape index (κ1) is 14.2. The third-order valence-electron chi connectivity index (χ3n) is 2.47. The Kier molecular flexibility index (Phi) is 6.06. The molecule has 0 radical (unpaired) electrons. The predicted molar refractivity (Wildman–Crippen MR) is 67.4 cm³/mol. The molecular formula is C9H20N2O3S2. The molecule has 0 spiro atoms. The number of rotatable bonds is 6. The Balaban J connectivity index is 2.42. The monoisotopic (exact) mass is 268 g/mol. The third-order valence-corrected chi connectivity index (χ3v) is 5.16. The highest BCUT2D eigenvalue weighted by Gasteiger charge is 2.30. The molecule has 1 atom stereocenters. The van der Waals surface area contributed by atoms with E-state index in [0.717, 1.165) is 12.3 Å². The summed E-state index contributed by atoms with van der Waals surface area (Å²) in [6.07, 6.45) is 1.30. The second kappa shape index (κ2) is 6.80. The number of nitrogens with zero attached hydrogens (tertiary/aromatic N) is 1. The van der Waals surface area contributed by atoms with Crippen molar-refractivity contribution in [2.45, 2.75) is 5.37 Å². The van der Waals surface area contributed by atoms with Crippen molar-refractivity contribution in [3.63, 3.8) is 0 Å². The molecule has 0 aliphatic carbocycles. The van der Waals surface area contributed by atoms with Crippen molar-refractivity contribution in [2.75, 3.05) is 50.6 Å². The summed E-state index contributed by atoms with van der Waals surface area (Å²) in [6.45, 7) is 3.07. The zero-order chi connectivity index (χ0) is 12.0. The zero-order valence-corrected chi connectivity index (χ0v) is 11.2. The predicted octanol–water partition coefficient (Wildman–Crippen LogP) is -0.619. The number of ether oxygens (including phenoxy) is 1. The lowest BCUT2D eigenvalue weighted by molar-refractivity contribution is 0.108. The Morgan fingerprint density at radius 2 is 2.25 bits per heavy atom. The van der Waals surface area contributed by atoms with E-state index in [4.69, 9.17) is 10.5 Å². The van der Waals surface area contributed by atoms with Gasteiger partial charge in [-0.05, 0) is 0 Å². The maximum absolute atomic E-state index is 11.6. The minimum Gasteiger partial charge on any atom is -0.379 e. The maximum Gasteiger partial charge on any atom is 0.164 e. The van der Waals surface area contributed by atoms with Gasteiger partial charge in [0.05, 0.1) is 13.2 Å². The molecule has 1 aliphatic rings. The van der Waals surface area contributed by atoms with Crippen LogP contribution < -0.4 is 5.73 Å². The van der Waals surface area contributed by atoms with Gasteiger partial charge in [0.15, 0.2) is 9.84 Å². The van der Waals surface area contributed by atoms with Crippen molar-refractivity contribution in [2.24, 2.45) is 5.73 Å². The first-order valence-corrected chi connectivity index (χ1v) is 8.45. The first-order chi connectivity index (χ1) is 7.55. The van der Waals surface area contributed by atoms with Crippen molar-refractivity contribution < 1.29 is 13.2 Å². The molecule has 1 rings (SSSR count). The van der Waals surface area contributed by atoms with E-state index in [9.17, 15) is 8.42 Å². The molecule has 0 amide bonds. The molecule has 1 fully saturated rings. The summed E-state index contributed by atoms with van der Waals surface area (Å²) in [5, 5.41) is -0.354. The Labute approximate surface area is 102 Å². The van der Waals surface area contributed by atoms with Crippen LogP contribution in [0.2, 0.25) is 0 Å². The summed E-state index contributed by atoms with van der Waals surface area (Å²) in [5.74, 6) is 1.65. The van der Waals surface area contributed by atoms with Crippen molar-refractivity contribution in [3.8, 4) is 0 Å². The van der Waals surface area contributed by atoms with E-state index >= 15 is 0 Å². The molecule has 1 saturated heterocycles. The van der Waals surface area contributed by atoms with E-state index in [1.165, 1.54) is 6.26 Å². The molecule has 96 valence electrons. The van der Waals surface area contributed by atoms with Crippen LogP contribution in [0.25, 0.3) is 0 Å². The van der Waals surface area contributed by atoms with Gasteiger partial charge in [-0.2, -0.15) is 11.8 Å². The molecule has 2 N–H and O–H groups in total. The van der Waals surface area contributed by atoms with Gasteiger partial charge in [0, 0.05) is 37.4 Å². The highest BCUT2D eigenvalue weighted by molar-refractivity contribution is 8.00. The minimum atomic E-state index is -2.99. The van der Waals surface area contributed by atoms with Gasteiger partial charge in [-0.25, -0.2) is 8.42 Å². The van der Waals surface area contributed by atoms with E-state index in [-0.39, 0.29) is 5.37 Å². The van der Waals surface area contributed by atoms with Crippen molar-refractivity contribution in [3.05, 3.63) is 0 Å². The van der Waals surface area contributed by atoms with Crippen LogP contribution in [0.5, 0.6) is 0 Å². The molecule has 1 aliphatic heterocycles. The largest absolute Gasteiger partial charge is 0.379 e. The van der Waals surface area contributed by atoms with Crippen LogP contribution in [-0.4, -0.2) is 69.3 Å². The molecule has 0 aromatic heterocycles. The fourth-order valence-electron chi connectivity index (χ4n) is 1.63. The summed E-state index contributed by atoms with van der Waals surface area (Å²) in [7, 11) is -2.99. The van der Waals surface area contributed by atoms with Crippen LogP contribution in [0.4, 0.5) is 0 Å². The van der Waals surface area contributed by atoms with Crippen LogP contribution in [0.15, 0.2) is 0 Å². The van der Waals surface area contributed by atoms with Crippen molar-refractivity contribution in [1.82, 2.24) is 4.90 Å². The summed E-state index contributed by atoms with van der Waals surface area (Å²) in [4.78, 5) is 1.99. The van der Waals surface area contributed by atoms with Crippen molar-refractivity contribution in [1.29, 1.82) is 0 Å². The Morgan fingerprint density at radius 1 is 1.50 bits per heavy atom. The number of hydrogen-bond acceptors (Lipinski definition) is 6. The second-order valence-corrected chi connectivity index (χ2v) is 7.15. The number of nitrogens with two attached hydrogens (primary N) is 1. The summed E-state index contributed by atoms with van der Waals surface area (Å²) in [6, 6.07) is 0. The summed E-state index contributed by atoms with van der Waals surface area (Å²) < 4.78 is 28.4. The fraction of sp³-hybridized carbons (Fsp3) is 1.00. The first-order valence-electron chi connectivity index (χ1n) is 5.34. The number of sulfone groups is 1. The third kappa shape index (κ3) is 4.58. The number of hydrogen-bond donors (Lipinski definition) is 1. The van der Waals surface area contributed by atoms with Gasteiger partial charge in [-0.15, -0.1) is 0 Å². The molecule has 0 aromatic rings. The summed E-state index contributed by atoms with van der Waals surface area (Å²) in [5.41, 5.74) is 5.31. The Morgan fingerprint density at radius 3 is 2.88 bits per heavy atom. The average molecular weight is 268 g/mol. The van der Waals surface area contributed by atoms with Gasteiger partial charge < -0.3 is 10.5 Å². The smallest absolute Gasteiger partial charge is 0.164 e. The lowest BCUT2D eigenvalue weighted by atomic mass is 10.4. The van der Waals surface area contributed by atoms with Crippen molar-refractivity contribution >= 4 is 21.6 Å². The Hall–Kier alpha value is 0.180. The van der Waals surface area contributed by atoms with Gasteiger partial charge in [0.2, 0.25) is 0 Å². The highest BCUT2D eigenvalue weighted by Crippen LogP contribution is 2.19. The van der Waals surface area contributed by atoms with Gasteiger partial charge in [0.1, 0.15) is 5.37 Å². The van der Waals surface area contributed by atoms with Gasteiger partial charge in [0.25, 0.3) is 0 Å². The minimum absolute atomic E-state index is 0.354. The quantitative estimate of drug-likeness (QED) is 0.647. The lowest BCUT2D eigenvalue weighted by Gasteiger charge is -2.33. The molecule has 7 heteroatoms. The zero-order valence-electron chi connectivity index (χ0n) is 9.59. The lowest BCUT2D eigenvalue weighted by Crippen LogP contribution is -2.48.